The van der Waals surface area contributed by atoms with Crippen molar-refractivity contribution in [2.75, 3.05) is 26.2 Å². The van der Waals surface area contributed by atoms with Gasteiger partial charge >= 0.3 is 0 Å². The van der Waals surface area contributed by atoms with E-state index in [1.54, 1.807) is 20.7 Å². The van der Waals surface area contributed by atoms with Crippen LogP contribution in [-0.4, -0.2) is 63.5 Å². The number of piperidine rings is 2. The first-order chi connectivity index (χ1) is 17.4. The number of likely N-dealkylation sites (tertiary alicyclic amines) is 2. The van der Waals surface area contributed by atoms with Crippen molar-refractivity contribution in [3.05, 3.63) is 56.9 Å². The minimum Gasteiger partial charge on any atom is -0.507 e. The molecule has 0 amide bonds. The molecular formula is C28H34N2O3S3. The normalized spacial score (nSPS) is 18.6. The Hall–Kier alpha value is -1.65. The quantitative estimate of drug-likeness (QED) is 0.270. The van der Waals surface area contributed by atoms with Crippen LogP contribution in [-0.2, 0) is 13.1 Å². The highest BCUT2D eigenvalue weighted by Crippen LogP contribution is 2.43. The Morgan fingerprint density at radius 3 is 1.81 bits per heavy atom. The van der Waals surface area contributed by atoms with Crippen LogP contribution in [0.1, 0.15) is 42.4 Å². The summed E-state index contributed by atoms with van der Waals surface area (Å²) >= 11 is 5.78. The van der Waals surface area contributed by atoms with E-state index in [4.69, 9.17) is 12.2 Å². The zero-order valence-corrected chi connectivity index (χ0v) is 23.1. The lowest BCUT2D eigenvalue weighted by Gasteiger charge is -2.31. The van der Waals surface area contributed by atoms with Gasteiger partial charge in [0.2, 0.25) is 0 Å². The highest BCUT2D eigenvalue weighted by atomic mass is 32.9. The smallest absolute Gasteiger partial charge is 0.124 e. The molecule has 3 heterocycles. The van der Waals surface area contributed by atoms with E-state index in [1.807, 2.05) is 0 Å². The zero-order chi connectivity index (χ0) is 25.2. The van der Waals surface area contributed by atoms with Crippen LogP contribution in [0.25, 0.3) is 21.6 Å². The standard InChI is InChI=1S/C28H34N2O3S3/c1-18-2-4-19(5-3-18)25-27(35-36-28(25)34)20-14-21(16-29-10-6-23(31)7-11-29)26(33)22(15-20)17-30-12-8-24(32)9-13-30/h2-5,14-15,23-24,31-33H,6-13,16-17H2,1H3. The van der Waals surface area contributed by atoms with Gasteiger partial charge in [0.15, 0.2) is 0 Å². The van der Waals surface area contributed by atoms with Crippen LogP contribution in [0.3, 0.4) is 0 Å². The number of aliphatic hydroxyl groups is 2. The number of hydrogen-bond acceptors (Lipinski definition) is 8. The molecule has 1 aromatic heterocycles. The van der Waals surface area contributed by atoms with Crippen molar-refractivity contribution >= 4 is 32.9 Å². The molecule has 0 bridgehead atoms. The van der Waals surface area contributed by atoms with E-state index < -0.39 is 0 Å². The van der Waals surface area contributed by atoms with Gasteiger partial charge in [0.1, 0.15) is 9.57 Å². The molecule has 2 fully saturated rings. The van der Waals surface area contributed by atoms with Crippen molar-refractivity contribution in [3.8, 4) is 27.3 Å². The number of aliphatic hydroxyl groups excluding tert-OH is 2. The predicted molar refractivity (Wildman–Crippen MR) is 151 cm³/mol. The van der Waals surface area contributed by atoms with Crippen LogP contribution in [0, 0.1) is 10.7 Å². The maximum atomic E-state index is 11.4. The fourth-order valence-electron chi connectivity index (χ4n) is 5.19. The van der Waals surface area contributed by atoms with Crippen LogP contribution >= 0.6 is 32.9 Å². The van der Waals surface area contributed by atoms with Gasteiger partial charge in [-0.3, -0.25) is 9.80 Å². The summed E-state index contributed by atoms with van der Waals surface area (Å²) in [5.74, 6) is 0.367. The van der Waals surface area contributed by atoms with Gasteiger partial charge in [-0.2, -0.15) is 0 Å². The second kappa shape index (κ2) is 11.4. The maximum Gasteiger partial charge on any atom is 0.124 e. The van der Waals surface area contributed by atoms with Gasteiger partial charge in [-0.15, -0.1) is 0 Å². The van der Waals surface area contributed by atoms with Crippen molar-refractivity contribution in [1.82, 2.24) is 9.80 Å². The Bertz CT molecular complexity index is 1190. The molecule has 0 unspecified atom stereocenters. The monoisotopic (exact) mass is 542 g/mol. The lowest BCUT2D eigenvalue weighted by Crippen LogP contribution is -2.36. The molecule has 8 heteroatoms. The molecule has 3 aromatic rings. The van der Waals surface area contributed by atoms with E-state index in [0.717, 1.165) is 88.4 Å². The van der Waals surface area contributed by atoms with Gasteiger partial charge in [-0.25, -0.2) is 0 Å². The molecule has 2 aliphatic heterocycles. The number of hydrogen-bond donors (Lipinski definition) is 3. The topological polar surface area (TPSA) is 67.2 Å². The van der Waals surface area contributed by atoms with E-state index in [-0.39, 0.29) is 12.2 Å². The molecule has 2 aliphatic rings. The highest BCUT2D eigenvalue weighted by Gasteiger charge is 2.23. The third-order valence-electron chi connectivity index (χ3n) is 7.40. The first-order valence-electron chi connectivity index (χ1n) is 12.7. The largest absolute Gasteiger partial charge is 0.507 e. The minimum atomic E-state index is -0.221. The maximum absolute atomic E-state index is 11.4. The van der Waals surface area contributed by atoms with Crippen LogP contribution in [0.2, 0.25) is 0 Å². The predicted octanol–water partition coefficient (Wildman–Crippen LogP) is 5.80. The third kappa shape index (κ3) is 5.91. The molecule has 5 rings (SSSR count). The van der Waals surface area contributed by atoms with Gasteiger partial charge in [-0.1, -0.05) is 62.7 Å². The Balaban J connectivity index is 1.53. The average molecular weight is 543 g/mol. The second-order valence-corrected chi connectivity index (χ2v) is 13.0. The van der Waals surface area contributed by atoms with E-state index >= 15 is 0 Å². The fourth-order valence-corrected chi connectivity index (χ4v) is 8.09. The van der Waals surface area contributed by atoms with Crippen LogP contribution < -0.4 is 0 Å². The van der Waals surface area contributed by atoms with Crippen molar-refractivity contribution in [2.24, 2.45) is 0 Å². The zero-order valence-electron chi connectivity index (χ0n) is 20.7. The van der Waals surface area contributed by atoms with Gasteiger partial charge in [0, 0.05) is 56.0 Å². The van der Waals surface area contributed by atoms with E-state index in [0.29, 0.717) is 18.8 Å². The van der Waals surface area contributed by atoms with Crippen molar-refractivity contribution in [1.29, 1.82) is 0 Å². The van der Waals surface area contributed by atoms with Crippen LogP contribution in [0.15, 0.2) is 36.4 Å². The molecular weight excluding hydrogens is 509 g/mol. The number of aryl methyl sites for hydroxylation is 1. The van der Waals surface area contributed by atoms with Crippen molar-refractivity contribution in [3.63, 3.8) is 0 Å². The summed E-state index contributed by atoms with van der Waals surface area (Å²) in [6, 6.07) is 12.8. The van der Waals surface area contributed by atoms with E-state index in [9.17, 15) is 15.3 Å². The van der Waals surface area contributed by atoms with Crippen molar-refractivity contribution < 1.29 is 15.3 Å². The number of benzene rings is 2. The SMILES string of the molecule is Cc1ccc(-c2c(-c3cc(CN4CCC(O)CC4)c(O)c(CN4CCC(O)CC4)c3)ssc2=S)cc1. The Morgan fingerprint density at radius 1 is 0.806 bits per heavy atom. The molecule has 2 aromatic carbocycles. The summed E-state index contributed by atoms with van der Waals surface area (Å²) < 4.78 is 0.894. The molecule has 3 N–H and O–H groups in total. The number of aromatic hydroxyl groups is 1. The summed E-state index contributed by atoms with van der Waals surface area (Å²) in [6.07, 6.45) is 2.64. The number of phenols is 1. The molecule has 192 valence electrons. The van der Waals surface area contributed by atoms with Crippen molar-refractivity contribution in [2.45, 2.75) is 57.9 Å². The lowest BCUT2D eigenvalue weighted by molar-refractivity contribution is 0.0779. The summed E-state index contributed by atoms with van der Waals surface area (Å²) in [5, 5.41) is 31.3. The Kier molecular flexibility index (Phi) is 8.22. The van der Waals surface area contributed by atoms with E-state index in [1.165, 1.54) is 5.56 Å². The summed E-state index contributed by atoms with van der Waals surface area (Å²) in [5.41, 5.74) is 6.40. The Labute approximate surface area is 225 Å². The Morgan fingerprint density at radius 2 is 1.31 bits per heavy atom. The van der Waals surface area contributed by atoms with Crippen LogP contribution in [0.5, 0.6) is 5.75 Å². The molecule has 0 aliphatic carbocycles. The lowest BCUT2D eigenvalue weighted by atomic mass is 9.97. The summed E-state index contributed by atoms with van der Waals surface area (Å²) in [4.78, 5) is 5.80. The van der Waals surface area contributed by atoms with Gasteiger partial charge in [0.05, 0.1) is 17.1 Å². The first-order valence-corrected chi connectivity index (χ1v) is 15.3. The molecule has 5 nitrogen and oxygen atoms in total. The number of rotatable bonds is 6. The fraction of sp³-hybridized carbons (Fsp3) is 0.464. The molecule has 2 saturated heterocycles. The van der Waals surface area contributed by atoms with E-state index in [2.05, 4.69) is 53.1 Å². The van der Waals surface area contributed by atoms with Gasteiger partial charge in [0.25, 0.3) is 0 Å². The molecule has 0 spiro atoms. The highest BCUT2D eigenvalue weighted by molar-refractivity contribution is 7.80. The van der Waals surface area contributed by atoms with Crippen LogP contribution in [0.4, 0.5) is 0 Å². The number of phenolic OH excluding ortho intramolecular Hbond substituents is 1. The summed E-state index contributed by atoms with van der Waals surface area (Å²) in [6.45, 7) is 6.73. The number of nitrogens with zero attached hydrogens (tertiary/aromatic N) is 2. The molecule has 0 saturated carbocycles. The molecule has 36 heavy (non-hydrogen) atoms. The molecule has 0 radical (unpaired) electrons. The minimum absolute atomic E-state index is 0.221. The third-order valence-corrected chi connectivity index (χ3v) is 10.5. The van der Waals surface area contributed by atoms with Gasteiger partial charge in [-0.05, 0) is 55.9 Å². The summed E-state index contributed by atoms with van der Waals surface area (Å²) in [7, 11) is 3.34. The average Bonchev–Trinajstić information content (AvgIpc) is 3.26. The second-order valence-electron chi connectivity index (χ2n) is 10.2. The molecule has 0 atom stereocenters. The first kappa shape index (κ1) is 26.0. The van der Waals surface area contributed by atoms with Gasteiger partial charge < -0.3 is 15.3 Å².